The Balaban J connectivity index is 1.71. The van der Waals surface area contributed by atoms with Gasteiger partial charge in [-0.05, 0) is 58.0 Å². The Kier molecular flexibility index (Phi) is 7.39. The van der Waals surface area contributed by atoms with Gasteiger partial charge in [0.15, 0.2) is 0 Å². The van der Waals surface area contributed by atoms with Gasteiger partial charge in [0.1, 0.15) is 11.6 Å². The van der Waals surface area contributed by atoms with Crippen molar-refractivity contribution in [1.29, 1.82) is 0 Å². The number of hydrogen-bond donors (Lipinski definition) is 1. The molecule has 162 valence electrons. The van der Waals surface area contributed by atoms with Crippen LogP contribution in [0.25, 0.3) is 0 Å². The molecule has 1 N–H and O–H groups in total. The van der Waals surface area contributed by atoms with Gasteiger partial charge in [0, 0.05) is 38.9 Å². The van der Waals surface area contributed by atoms with E-state index in [4.69, 9.17) is 9.97 Å². The maximum absolute atomic E-state index is 13.0. The standard InChI is InChI=1S/C23H34N6O/c1-6-29(19-10-7-9-17(2)13-19)22(30)16-28(5)15-18-14-21(27(3)4)26-23(25-18)20-11-8-12-24-20/h7,9-10,13-14,20,24H,6,8,11-12,15-16H2,1-5H3/t20-/m0/s1. The first-order chi connectivity index (χ1) is 14.4. The Labute approximate surface area is 180 Å². The van der Waals surface area contributed by atoms with Crippen LogP contribution in [0.3, 0.4) is 0 Å². The molecule has 3 rings (SSSR count). The van der Waals surface area contributed by atoms with Crippen molar-refractivity contribution in [3.8, 4) is 0 Å². The van der Waals surface area contributed by atoms with E-state index in [1.807, 2.05) is 74.0 Å². The Morgan fingerprint density at radius 3 is 2.63 bits per heavy atom. The summed E-state index contributed by atoms with van der Waals surface area (Å²) in [6, 6.07) is 10.3. The fourth-order valence-electron chi connectivity index (χ4n) is 3.82. The third kappa shape index (κ3) is 5.55. The minimum Gasteiger partial charge on any atom is -0.363 e. The lowest BCUT2D eigenvalue weighted by Gasteiger charge is -2.25. The highest BCUT2D eigenvalue weighted by Crippen LogP contribution is 2.23. The van der Waals surface area contributed by atoms with E-state index in [1.54, 1.807) is 0 Å². The van der Waals surface area contributed by atoms with E-state index in [0.29, 0.717) is 19.6 Å². The second kappa shape index (κ2) is 10.00. The number of rotatable bonds is 8. The number of aryl methyl sites for hydroxylation is 1. The highest BCUT2D eigenvalue weighted by atomic mass is 16.2. The van der Waals surface area contributed by atoms with Gasteiger partial charge in [0.05, 0.1) is 18.3 Å². The zero-order chi connectivity index (χ0) is 21.7. The fourth-order valence-corrected chi connectivity index (χ4v) is 3.82. The van der Waals surface area contributed by atoms with Crippen molar-refractivity contribution < 1.29 is 4.79 Å². The number of aromatic nitrogens is 2. The molecule has 0 aliphatic carbocycles. The molecule has 0 unspecified atom stereocenters. The number of carbonyl (C=O) groups excluding carboxylic acids is 1. The zero-order valence-corrected chi connectivity index (χ0v) is 18.9. The molecule has 1 fully saturated rings. The molecule has 2 aromatic rings. The van der Waals surface area contributed by atoms with Gasteiger partial charge in [-0.15, -0.1) is 0 Å². The number of carbonyl (C=O) groups is 1. The normalized spacial score (nSPS) is 16.1. The third-order valence-electron chi connectivity index (χ3n) is 5.38. The average molecular weight is 411 g/mol. The second-order valence-electron chi connectivity index (χ2n) is 8.27. The van der Waals surface area contributed by atoms with E-state index in [2.05, 4.69) is 11.4 Å². The minimum absolute atomic E-state index is 0.0881. The number of amides is 1. The number of hydrogen-bond acceptors (Lipinski definition) is 6. The highest BCUT2D eigenvalue weighted by molar-refractivity contribution is 5.94. The van der Waals surface area contributed by atoms with Crippen molar-refractivity contribution in [1.82, 2.24) is 20.2 Å². The van der Waals surface area contributed by atoms with Crippen LogP contribution in [-0.2, 0) is 11.3 Å². The van der Waals surface area contributed by atoms with Gasteiger partial charge in [-0.25, -0.2) is 9.97 Å². The molecule has 7 nitrogen and oxygen atoms in total. The molecule has 30 heavy (non-hydrogen) atoms. The highest BCUT2D eigenvalue weighted by Gasteiger charge is 2.22. The van der Waals surface area contributed by atoms with Crippen molar-refractivity contribution in [2.45, 2.75) is 39.3 Å². The predicted molar refractivity (Wildman–Crippen MR) is 122 cm³/mol. The zero-order valence-electron chi connectivity index (χ0n) is 18.9. The van der Waals surface area contributed by atoms with Crippen LogP contribution in [0.4, 0.5) is 11.5 Å². The van der Waals surface area contributed by atoms with Crippen LogP contribution < -0.4 is 15.1 Å². The van der Waals surface area contributed by atoms with E-state index in [-0.39, 0.29) is 11.9 Å². The van der Waals surface area contributed by atoms with E-state index >= 15 is 0 Å². The van der Waals surface area contributed by atoms with Gasteiger partial charge >= 0.3 is 0 Å². The monoisotopic (exact) mass is 410 g/mol. The van der Waals surface area contributed by atoms with Crippen molar-refractivity contribution in [3.05, 3.63) is 47.4 Å². The number of nitrogens with one attached hydrogen (secondary N) is 1. The quantitative estimate of drug-likeness (QED) is 0.722. The number of anilines is 2. The van der Waals surface area contributed by atoms with Gasteiger partial charge in [-0.2, -0.15) is 0 Å². The molecule has 7 heteroatoms. The van der Waals surface area contributed by atoms with Crippen molar-refractivity contribution in [2.75, 3.05) is 50.6 Å². The first kappa shape index (κ1) is 22.2. The van der Waals surface area contributed by atoms with E-state index in [1.165, 1.54) is 0 Å². The molecular formula is C23H34N6O. The molecule has 1 aromatic carbocycles. The van der Waals surface area contributed by atoms with Gasteiger partial charge < -0.3 is 15.1 Å². The summed E-state index contributed by atoms with van der Waals surface area (Å²) < 4.78 is 0. The first-order valence-electron chi connectivity index (χ1n) is 10.7. The van der Waals surface area contributed by atoms with E-state index < -0.39 is 0 Å². The summed E-state index contributed by atoms with van der Waals surface area (Å²) in [6.45, 7) is 6.64. The SMILES string of the molecule is CCN(C(=O)CN(C)Cc1cc(N(C)C)nc([C@@H]2CCCN2)n1)c1cccc(C)c1. The summed E-state index contributed by atoms with van der Waals surface area (Å²) in [5, 5.41) is 3.48. The Morgan fingerprint density at radius 2 is 2.00 bits per heavy atom. The van der Waals surface area contributed by atoms with E-state index in [9.17, 15) is 4.79 Å². The summed E-state index contributed by atoms with van der Waals surface area (Å²) in [5.74, 6) is 1.84. The smallest absolute Gasteiger partial charge is 0.241 e. The maximum Gasteiger partial charge on any atom is 0.241 e. The summed E-state index contributed by atoms with van der Waals surface area (Å²) in [6.07, 6.45) is 2.21. The lowest BCUT2D eigenvalue weighted by Crippen LogP contribution is -2.39. The predicted octanol–water partition coefficient (Wildman–Crippen LogP) is 2.76. The summed E-state index contributed by atoms with van der Waals surface area (Å²) in [4.78, 5) is 28.4. The van der Waals surface area contributed by atoms with Gasteiger partial charge in [-0.1, -0.05) is 12.1 Å². The van der Waals surface area contributed by atoms with Crippen LogP contribution in [0.2, 0.25) is 0 Å². The maximum atomic E-state index is 13.0. The molecule has 0 bridgehead atoms. The van der Waals surface area contributed by atoms with Crippen molar-refractivity contribution in [2.24, 2.45) is 0 Å². The summed E-state index contributed by atoms with van der Waals surface area (Å²) in [5.41, 5.74) is 3.03. The Hall–Kier alpha value is -2.51. The number of nitrogens with zero attached hydrogens (tertiary/aromatic N) is 5. The fraction of sp³-hybridized carbons (Fsp3) is 0.522. The number of benzene rings is 1. The van der Waals surface area contributed by atoms with Crippen LogP contribution in [-0.4, -0.2) is 61.6 Å². The van der Waals surface area contributed by atoms with Crippen LogP contribution in [0, 0.1) is 6.92 Å². The van der Waals surface area contributed by atoms with Gasteiger partial charge in [0.2, 0.25) is 5.91 Å². The molecule has 0 spiro atoms. The van der Waals surface area contributed by atoms with Gasteiger partial charge in [0.25, 0.3) is 0 Å². The minimum atomic E-state index is 0.0881. The molecule has 1 saturated heterocycles. The summed E-state index contributed by atoms with van der Waals surface area (Å²) >= 11 is 0. The van der Waals surface area contributed by atoms with Crippen LogP contribution in [0.1, 0.15) is 42.9 Å². The van der Waals surface area contributed by atoms with Crippen molar-refractivity contribution >= 4 is 17.4 Å². The topological polar surface area (TPSA) is 64.6 Å². The van der Waals surface area contributed by atoms with E-state index in [0.717, 1.165) is 48.0 Å². The largest absolute Gasteiger partial charge is 0.363 e. The lowest BCUT2D eigenvalue weighted by molar-refractivity contribution is -0.119. The molecule has 1 atom stereocenters. The summed E-state index contributed by atoms with van der Waals surface area (Å²) in [7, 11) is 5.95. The molecule has 1 amide bonds. The molecule has 1 aromatic heterocycles. The molecule has 0 radical (unpaired) electrons. The van der Waals surface area contributed by atoms with Crippen LogP contribution in [0.15, 0.2) is 30.3 Å². The van der Waals surface area contributed by atoms with Crippen LogP contribution in [0.5, 0.6) is 0 Å². The average Bonchev–Trinajstić information content (AvgIpc) is 3.23. The Bertz CT molecular complexity index is 863. The van der Waals surface area contributed by atoms with Crippen LogP contribution >= 0.6 is 0 Å². The molecule has 1 aliphatic rings. The van der Waals surface area contributed by atoms with Gasteiger partial charge in [-0.3, -0.25) is 9.69 Å². The molecule has 0 saturated carbocycles. The van der Waals surface area contributed by atoms with Crippen molar-refractivity contribution in [3.63, 3.8) is 0 Å². The lowest BCUT2D eigenvalue weighted by atomic mass is 10.2. The first-order valence-corrected chi connectivity index (χ1v) is 10.7. The second-order valence-corrected chi connectivity index (χ2v) is 8.27. The molecular weight excluding hydrogens is 376 g/mol. The molecule has 2 heterocycles. The Morgan fingerprint density at radius 1 is 1.20 bits per heavy atom. The third-order valence-corrected chi connectivity index (χ3v) is 5.38. The molecule has 1 aliphatic heterocycles. The number of likely N-dealkylation sites (N-methyl/N-ethyl adjacent to an activating group) is 2.